The molecule has 1 fully saturated rings. The minimum atomic E-state index is -0.0570. The number of rotatable bonds is 7. The number of H-pyrrole nitrogens is 1. The summed E-state index contributed by atoms with van der Waals surface area (Å²) in [7, 11) is 0. The second-order valence-corrected chi connectivity index (χ2v) is 9.70. The molecule has 0 bridgehead atoms. The molecule has 2 aromatic heterocycles. The van der Waals surface area contributed by atoms with Crippen molar-refractivity contribution in [1.82, 2.24) is 24.6 Å². The van der Waals surface area contributed by atoms with Crippen LogP contribution in [-0.2, 0) is 6.54 Å². The van der Waals surface area contributed by atoms with Crippen LogP contribution in [0.25, 0.3) is 33.2 Å². The molecule has 5 rings (SSSR count). The van der Waals surface area contributed by atoms with Crippen LogP contribution in [0.5, 0.6) is 0 Å². The van der Waals surface area contributed by atoms with Gasteiger partial charge in [0, 0.05) is 29.6 Å². The zero-order valence-corrected chi connectivity index (χ0v) is 20.1. The summed E-state index contributed by atoms with van der Waals surface area (Å²) in [5.41, 5.74) is 9.72. The zero-order chi connectivity index (χ0) is 23.7. The Morgan fingerprint density at radius 1 is 1.03 bits per heavy atom. The maximum Gasteiger partial charge on any atom is 0.277 e. The number of benzene rings is 2. The van der Waals surface area contributed by atoms with E-state index >= 15 is 0 Å². The second-order valence-electron chi connectivity index (χ2n) is 9.70. The number of fused-ring (bicyclic) bond motifs is 2. The van der Waals surface area contributed by atoms with Crippen molar-refractivity contribution in [2.75, 3.05) is 12.3 Å². The van der Waals surface area contributed by atoms with Gasteiger partial charge in [0.1, 0.15) is 5.69 Å². The maximum atomic E-state index is 13.6. The molecule has 0 spiro atoms. The predicted molar refractivity (Wildman–Crippen MR) is 139 cm³/mol. The second kappa shape index (κ2) is 9.58. The third-order valence-corrected chi connectivity index (χ3v) is 7.39. The first-order valence-corrected chi connectivity index (χ1v) is 12.5. The number of anilines is 1. The molecule has 178 valence electrons. The van der Waals surface area contributed by atoms with Gasteiger partial charge >= 0.3 is 0 Å². The monoisotopic (exact) mass is 458 g/mol. The Hall–Kier alpha value is -3.19. The van der Waals surface area contributed by atoms with Crippen molar-refractivity contribution in [1.29, 1.82) is 0 Å². The fourth-order valence-corrected chi connectivity index (χ4v) is 5.44. The van der Waals surface area contributed by atoms with Gasteiger partial charge in [-0.25, -0.2) is 4.98 Å². The third kappa shape index (κ3) is 4.32. The van der Waals surface area contributed by atoms with E-state index in [4.69, 9.17) is 10.7 Å². The predicted octanol–water partition coefficient (Wildman–Crippen LogP) is 4.96. The lowest BCUT2D eigenvalue weighted by molar-refractivity contribution is 0.101. The topological polar surface area (TPSA) is 92.8 Å². The van der Waals surface area contributed by atoms with E-state index in [1.54, 1.807) is 0 Å². The summed E-state index contributed by atoms with van der Waals surface area (Å²) in [5, 5.41) is 7.78. The van der Waals surface area contributed by atoms with E-state index in [1.807, 2.05) is 47.0 Å². The van der Waals surface area contributed by atoms with Crippen LogP contribution in [0, 0.1) is 0 Å². The van der Waals surface area contributed by atoms with Crippen LogP contribution in [-0.4, -0.2) is 43.3 Å². The Morgan fingerprint density at radius 3 is 2.62 bits per heavy atom. The van der Waals surface area contributed by atoms with Gasteiger partial charge in [-0.1, -0.05) is 31.0 Å². The fourth-order valence-electron chi connectivity index (χ4n) is 5.44. The Balaban J connectivity index is 1.37. The molecule has 7 heteroatoms. The lowest BCUT2D eigenvalue weighted by atomic mass is 9.97. The Bertz CT molecular complexity index is 1350. The first-order chi connectivity index (χ1) is 16.5. The normalized spacial score (nSPS) is 19.2. The van der Waals surface area contributed by atoms with Crippen molar-refractivity contribution in [3.8, 4) is 11.3 Å². The minimum Gasteiger partial charge on any atom is -0.382 e. The highest BCUT2D eigenvalue weighted by Gasteiger charge is 2.23. The number of piperidine rings is 1. The molecule has 0 radical (unpaired) electrons. The molecule has 0 amide bonds. The molecule has 1 saturated heterocycles. The molecule has 34 heavy (non-hydrogen) atoms. The Kier molecular flexibility index (Phi) is 6.37. The first-order valence-electron chi connectivity index (χ1n) is 12.5. The summed E-state index contributed by atoms with van der Waals surface area (Å²) in [4.78, 5) is 21.0. The van der Waals surface area contributed by atoms with Crippen molar-refractivity contribution in [2.24, 2.45) is 0 Å². The summed E-state index contributed by atoms with van der Waals surface area (Å²) in [6.07, 6.45) is 7.20. The van der Waals surface area contributed by atoms with Gasteiger partial charge in [-0.2, -0.15) is 5.10 Å². The number of hydrogen-bond donors (Lipinski definition) is 2. The van der Waals surface area contributed by atoms with E-state index in [0.29, 0.717) is 30.1 Å². The number of hydrogen-bond acceptors (Lipinski definition) is 5. The SMILES string of the molecule is CC1CCCC(C)N1CCCCCn1c(=O)c(-c2ccc3[nH]nc(N)c3c2)nc2ccccc21. The molecule has 1 aliphatic rings. The number of nitrogen functional groups attached to an aromatic ring is 1. The largest absolute Gasteiger partial charge is 0.382 e. The summed E-state index contributed by atoms with van der Waals surface area (Å²) < 4.78 is 1.90. The molecule has 2 atom stereocenters. The average Bonchev–Trinajstić information content (AvgIpc) is 3.21. The maximum absolute atomic E-state index is 13.6. The van der Waals surface area contributed by atoms with Gasteiger partial charge in [-0.3, -0.25) is 14.8 Å². The van der Waals surface area contributed by atoms with E-state index in [0.717, 1.165) is 53.3 Å². The number of nitrogens with two attached hydrogens (primary N) is 1. The van der Waals surface area contributed by atoms with Crippen molar-refractivity contribution < 1.29 is 0 Å². The van der Waals surface area contributed by atoms with Gasteiger partial charge in [-0.15, -0.1) is 0 Å². The quantitative estimate of drug-likeness (QED) is 0.382. The molecule has 7 nitrogen and oxygen atoms in total. The van der Waals surface area contributed by atoms with Gasteiger partial charge in [0.15, 0.2) is 5.82 Å². The Labute approximate surface area is 200 Å². The van der Waals surface area contributed by atoms with E-state index in [9.17, 15) is 4.79 Å². The number of aromatic nitrogens is 4. The highest BCUT2D eigenvalue weighted by atomic mass is 16.1. The number of para-hydroxylation sites is 2. The highest BCUT2D eigenvalue weighted by molar-refractivity contribution is 5.92. The van der Waals surface area contributed by atoms with E-state index in [2.05, 4.69) is 28.9 Å². The van der Waals surface area contributed by atoms with Crippen LogP contribution in [0.1, 0.15) is 52.4 Å². The van der Waals surface area contributed by atoms with Crippen LogP contribution >= 0.6 is 0 Å². The first kappa shape index (κ1) is 22.6. The van der Waals surface area contributed by atoms with Gasteiger partial charge in [0.05, 0.1) is 16.6 Å². The van der Waals surface area contributed by atoms with E-state index in [-0.39, 0.29) is 5.56 Å². The van der Waals surface area contributed by atoms with Gasteiger partial charge in [0.25, 0.3) is 5.56 Å². The molecule has 0 saturated carbocycles. The van der Waals surface area contributed by atoms with Gasteiger partial charge in [-0.05, 0) is 70.3 Å². The summed E-state index contributed by atoms with van der Waals surface area (Å²) >= 11 is 0. The number of unbranched alkanes of at least 4 members (excludes halogenated alkanes) is 2. The van der Waals surface area contributed by atoms with Crippen molar-refractivity contribution in [3.05, 3.63) is 52.8 Å². The summed E-state index contributed by atoms with van der Waals surface area (Å²) in [6.45, 7) is 6.55. The molecule has 3 heterocycles. The summed E-state index contributed by atoms with van der Waals surface area (Å²) in [6, 6.07) is 15.0. The van der Waals surface area contributed by atoms with Crippen molar-refractivity contribution >= 4 is 27.8 Å². The number of nitrogens with zero attached hydrogens (tertiary/aromatic N) is 4. The summed E-state index contributed by atoms with van der Waals surface area (Å²) in [5.74, 6) is 0.426. The molecular weight excluding hydrogens is 424 g/mol. The van der Waals surface area contributed by atoms with Crippen LogP contribution in [0.4, 0.5) is 5.82 Å². The number of aromatic amines is 1. The van der Waals surface area contributed by atoms with Crippen LogP contribution in [0.2, 0.25) is 0 Å². The number of likely N-dealkylation sites (tertiary alicyclic amines) is 1. The van der Waals surface area contributed by atoms with Crippen molar-refractivity contribution in [2.45, 2.75) is 71.0 Å². The molecule has 1 aliphatic heterocycles. The third-order valence-electron chi connectivity index (χ3n) is 7.39. The number of nitrogens with one attached hydrogen (secondary N) is 1. The number of aryl methyl sites for hydroxylation is 1. The van der Waals surface area contributed by atoms with Gasteiger partial charge in [0.2, 0.25) is 0 Å². The molecule has 3 N–H and O–H groups in total. The average molecular weight is 459 g/mol. The van der Waals surface area contributed by atoms with Gasteiger partial charge < -0.3 is 10.3 Å². The standard InChI is InChI=1S/C27H34N6O/c1-18-9-8-10-19(2)32(18)15-6-3-7-16-33-24-12-5-4-11-23(24)29-25(27(33)34)20-13-14-22-21(17-20)26(28)31-30-22/h4-5,11-14,17-19H,3,6-10,15-16H2,1-2H3,(H3,28,30,31). The van der Waals surface area contributed by atoms with E-state index < -0.39 is 0 Å². The molecule has 0 aliphatic carbocycles. The molecule has 4 aromatic rings. The lowest BCUT2D eigenvalue weighted by Gasteiger charge is -2.39. The lowest BCUT2D eigenvalue weighted by Crippen LogP contribution is -2.44. The molecular formula is C27H34N6O. The smallest absolute Gasteiger partial charge is 0.277 e. The minimum absolute atomic E-state index is 0.0570. The Morgan fingerprint density at radius 2 is 1.79 bits per heavy atom. The molecule has 2 unspecified atom stereocenters. The fraction of sp³-hybridized carbons (Fsp3) is 0.444. The van der Waals surface area contributed by atoms with Crippen LogP contribution < -0.4 is 11.3 Å². The van der Waals surface area contributed by atoms with Crippen LogP contribution in [0.3, 0.4) is 0 Å². The zero-order valence-electron chi connectivity index (χ0n) is 20.1. The van der Waals surface area contributed by atoms with Crippen LogP contribution in [0.15, 0.2) is 47.3 Å². The molecule has 2 aromatic carbocycles. The highest BCUT2D eigenvalue weighted by Crippen LogP contribution is 2.25. The van der Waals surface area contributed by atoms with Crippen molar-refractivity contribution in [3.63, 3.8) is 0 Å². The van der Waals surface area contributed by atoms with E-state index in [1.165, 1.54) is 19.3 Å².